The third-order valence-corrected chi connectivity index (χ3v) is 3.96. The van der Waals surface area contributed by atoms with Gasteiger partial charge < -0.3 is 9.73 Å². The Balaban J connectivity index is 1.76. The summed E-state index contributed by atoms with van der Waals surface area (Å²) < 4.78 is 5.68. The molecule has 21 heavy (non-hydrogen) atoms. The number of hydrogen-bond donors (Lipinski definition) is 1. The fourth-order valence-corrected chi connectivity index (χ4v) is 2.81. The molecule has 1 saturated carbocycles. The summed E-state index contributed by atoms with van der Waals surface area (Å²) in [7, 11) is 0. The Labute approximate surface area is 124 Å². The number of hydrogen-bond acceptors (Lipinski definition) is 3. The Morgan fingerprint density at radius 1 is 1.19 bits per heavy atom. The van der Waals surface area contributed by atoms with Gasteiger partial charge in [0.05, 0.1) is 5.69 Å². The summed E-state index contributed by atoms with van der Waals surface area (Å²) in [4.78, 5) is 16.7. The molecule has 1 heterocycles. The van der Waals surface area contributed by atoms with Gasteiger partial charge in [0, 0.05) is 11.6 Å². The van der Waals surface area contributed by atoms with Crippen LogP contribution in [0.4, 0.5) is 0 Å². The zero-order valence-electron chi connectivity index (χ0n) is 12.3. The maximum Gasteiger partial charge on any atom is 0.289 e. The monoisotopic (exact) mass is 284 g/mol. The van der Waals surface area contributed by atoms with Crippen LogP contribution in [0.1, 0.15) is 48.4 Å². The lowest BCUT2D eigenvalue weighted by Gasteiger charge is -2.22. The number of oxazole rings is 1. The number of benzene rings is 1. The van der Waals surface area contributed by atoms with E-state index >= 15 is 0 Å². The van der Waals surface area contributed by atoms with Crippen molar-refractivity contribution in [2.24, 2.45) is 0 Å². The van der Waals surface area contributed by atoms with Gasteiger partial charge in [-0.25, -0.2) is 4.98 Å². The summed E-state index contributed by atoms with van der Waals surface area (Å²) in [6.07, 6.45) is 5.77. The molecule has 1 aliphatic rings. The highest BCUT2D eigenvalue weighted by molar-refractivity contribution is 5.93. The standard InChI is InChI=1S/C17H20N2O2/c1-12-15(16(20)19-14-10-6-3-7-11-14)21-17(18-12)13-8-4-2-5-9-13/h2,4-5,8-9,14H,3,6-7,10-11H2,1H3,(H,19,20). The van der Waals surface area contributed by atoms with Crippen LogP contribution in [-0.2, 0) is 0 Å². The molecule has 0 saturated heterocycles. The van der Waals surface area contributed by atoms with Crippen molar-refractivity contribution in [3.63, 3.8) is 0 Å². The van der Waals surface area contributed by atoms with E-state index in [-0.39, 0.29) is 11.9 Å². The Kier molecular flexibility index (Phi) is 4.04. The Morgan fingerprint density at radius 2 is 1.90 bits per heavy atom. The number of nitrogens with zero attached hydrogens (tertiary/aromatic N) is 1. The van der Waals surface area contributed by atoms with Gasteiger partial charge in [0.15, 0.2) is 0 Å². The van der Waals surface area contributed by atoms with Gasteiger partial charge in [0.1, 0.15) is 0 Å². The molecule has 0 unspecified atom stereocenters. The van der Waals surface area contributed by atoms with E-state index in [1.54, 1.807) is 0 Å². The van der Waals surface area contributed by atoms with Crippen LogP contribution >= 0.6 is 0 Å². The van der Waals surface area contributed by atoms with E-state index in [1.165, 1.54) is 19.3 Å². The van der Waals surface area contributed by atoms with Gasteiger partial charge in [-0.2, -0.15) is 0 Å². The zero-order valence-corrected chi connectivity index (χ0v) is 12.3. The molecule has 0 bridgehead atoms. The Hall–Kier alpha value is -2.10. The van der Waals surface area contributed by atoms with Crippen molar-refractivity contribution in [2.45, 2.75) is 45.1 Å². The summed E-state index contributed by atoms with van der Waals surface area (Å²) in [6, 6.07) is 9.92. The molecule has 0 aliphatic heterocycles. The molecular weight excluding hydrogens is 264 g/mol. The maximum absolute atomic E-state index is 12.3. The number of carbonyl (C=O) groups excluding carboxylic acids is 1. The van der Waals surface area contributed by atoms with Crippen LogP contribution in [0.3, 0.4) is 0 Å². The smallest absolute Gasteiger partial charge is 0.289 e. The van der Waals surface area contributed by atoms with E-state index in [1.807, 2.05) is 37.3 Å². The summed E-state index contributed by atoms with van der Waals surface area (Å²) in [6.45, 7) is 1.81. The van der Waals surface area contributed by atoms with Gasteiger partial charge >= 0.3 is 0 Å². The minimum absolute atomic E-state index is 0.144. The molecule has 4 nitrogen and oxygen atoms in total. The predicted octanol–water partition coefficient (Wildman–Crippen LogP) is 3.71. The number of rotatable bonds is 3. The van der Waals surface area contributed by atoms with E-state index in [9.17, 15) is 4.79 Å². The lowest BCUT2D eigenvalue weighted by molar-refractivity contribution is 0.0899. The maximum atomic E-state index is 12.3. The molecule has 1 aromatic heterocycles. The highest BCUT2D eigenvalue weighted by Crippen LogP contribution is 2.22. The first-order valence-electron chi connectivity index (χ1n) is 7.58. The van der Waals surface area contributed by atoms with Crippen molar-refractivity contribution < 1.29 is 9.21 Å². The van der Waals surface area contributed by atoms with Crippen molar-refractivity contribution in [3.8, 4) is 11.5 Å². The van der Waals surface area contributed by atoms with E-state index in [0.29, 0.717) is 17.3 Å². The first-order chi connectivity index (χ1) is 10.2. The molecule has 3 rings (SSSR count). The molecule has 0 spiro atoms. The van der Waals surface area contributed by atoms with Gasteiger partial charge in [-0.05, 0) is 31.9 Å². The minimum atomic E-state index is -0.144. The SMILES string of the molecule is Cc1nc(-c2ccccc2)oc1C(=O)NC1CCCCC1. The first kappa shape index (κ1) is 13.9. The lowest BCUT2D eigenvalue weighted by atomic mass is 9.95. The molecule has 0 radical (unpaired) electrons. The normalized spacial score (nSPS) is 15.9. The largest absolute Gasteiger partial charge is 0.431 e. The second-order valence-corrected chi connectivity index (χ2v) is 5.61. The molecule has 2 aromatic rings. The minimum Gasteiger partial charge on any atom is -0.431 e. The number of aromatic nitrogens is 1. The van der Waals surface area contributed by atoms with Crippen LogP contribution in [0.2, 0.25) is 0 Å². The van der Waals surface area contributed by atoms with Gasteiger partial charge in [-0.15, -0.1) is 0 Å². The van der Waals surface area contributed by atoms with Gasteiger partial charge in [-0.1, -0.05) is 37.5 Å². The quantitative estimate of drug-likeness (QED) is 0.934. The summed E-state index contributed by atoms with van der Waals surface area (Å²) in [5.74, 6) is 0.690. The molecule has 1 amide bonds. The van der Waals surface area contributed by atoms with Gasteiger partial charge in [-0.3, -0.25) is 4.79 Å². The second-order valence-electron chi connectivity index (χ2n) is 5.61. The fourth-order valence-electron chi connectivity index (χ4n) is 2.81. The van der Waals surface area contributed by atoms with E-state index in [2.05, 4.69) is 10.3 Å². The number of amides is 1. The van der Waals surface area contributed by atoms with Crippen LogP contribution in [0, 0.1) is 6.92 Å². The van der Waals surface area contributed by atoms with Crippen LogP contribution in [0.15, 0.2) is 34.7 Å². The van der Waals surface area contributed by atoms with E-state index < -0.39 is 0 Å². The fraction of sp³-hybridized carbons (Fsp3) is 0.412. The summed E-state index contributed by atoms with van der Waals surface area (Å²) in [5, 5.41) is 3.07. The molecule has 0 atom stereocenters. The molecule has 1 aliphatic carbocycles. The lowest BCUT2D eigenvalue weighted by Crippen LogP contribution is -2.36. The van der Waals surface area contributed by atoms with Crippen molar-refractivity contribution >= 4 is 5.91 Å². The van der Waals surface area contributed by atoms with Crippen molar-refractivity contribution in [3.05, 3.63) is 41.8 Å². The average Bonchev–Trinajstić information content (AvgIpc) is 2.91. The summed E-state index contributed by atoms with van der Waals surface area (Å²) >= 11 is 0. The molecule has 4 heteroatoms. The predicted molar refractivity (Wildman–Crippen MR) is 81.0 cm³/mol. The van der Waals surface area contributed by atoms with Crippen LogP contribution in [0.25, 0.3) is 11.5 Å². The zero-order chi connectivity index (χ0) is 14.7. The summed E-state index contributed by atoms with van der Waals surface area (Å²) in [5.41, 5.74) is 1.53. The van der Waals surface area contributed by atoms with E-state index in [4.69, 9.17) is 4.42 Å². The number of nitrogens with one attached hydrogen (secondary N) is 1. The van der Waals surface area contributed by atoms with E-state index in [0.717, 1.165) is 18.4 Å². The Morgan fingerprint density at radius 3 is 2.62 bits per heavy atom. The van der Waals surface area contributed by atoms with Crippen molar-refractivity contribution in [2.75, 3.05) is 0 Å². The molecule has 1 fully saturated rings. The molecule has 1 aromatic carbocycles. The number of carbonyl (C=O) groups is 1. The Bertz CT molecular complexity index is 613. The third-order valence-electron chi connectivity index (χ3n) is 3.96. The highest BCUT2D eigenvalue weighted by atomic mass is 16.4. The van der Waals surface area contributed by atoms with Crippen LogP contribution in [-0.4, -0.2) is 16.9 Å². The van der Waals surface area contributed by atoms with Crippen molar-refractivity contribution in [1.82, 2.24) is 10.3 Å². The first-order valence-corrected chi connectivity index (χ1v) is 7.58. The van der Waals surface area contributed by atoms with Crippen LogP contribution in [0.5, 0.6) is 0 Å². The third kappa shape index (κ3) is 3.15. The highest BCUT2D eigenvalue weighted by Gasteiger charge is 2.22. The average molecular weight is 284 g/mol. The van der Waals surface area contributed by atoms with Crippen molar-refractivity contribution in [1.29, 1.82) is 0 Å². The topological polar surface area (TPSA) is 55.1 Å². The van der Waals surface area contributed by atoms with Gasteiger partial charge in [0.25, 0.3) is 5.91 Å². The van der Waals surface area contributed by atoms with Crippen LogP contribution < -0.4 is 5.32 Å². The number of aryl methyl sites for hydroxylation is 1. The second kappa shape index (κ2) is 6.12. The molecule has 110 valence electrons. The molecular formula is C17H20N2O2. The molecule has 1 N–H and O–H groups in total. The van der Waals surface area contributed by atoms with Gasteiger partial charge in [0.2, 0.25) is 11.7 Å².